The minimum absolute atomic E-state index is 0.114. The summed E-state index contributed by atoms with van der Waals surface area (Å²) in [5, 5.41) is -0.276. The molecule has 0 N–H and O–H groups in total. The third-order valence-corrected chi connectivity index (χ3v) is 4.98. The highest BCUT2D eigenvalue weighted by atomic mass is 32.2. The summed E-state index contributed by atoms with van der Waals surface area (Å²) in [6.45, 7) is 0. The molecule has 0 aromatic heterocycles. The molecule has 3 aromatic carbocycles. The van der Waals surface area contributed by atoms with E-state index in [1.54, 1.807) is 18.9 Å². The van der Waals surface area contributed by atoms with Crippen molar-refractivity contribution in [3.05, 3.63) is 96.1 Å². The number of methoxy groups -OCH3 is 1. The monoisotopic (exact) mass is 334 g/mol. The largest absolute Gasteiger partial charge is 0.497 e. The van der Waals surface area contributed by atoms with Gasteiger partial charge in [-0.3, -0.25) is 4.79 Å². The molecular weight excluding hydrogens is 316 g/mol. The van der Waals surface area contributed by atoms with E-state index < -0.39 is 0 Å². The number of rotatable bonds is 6. The molecule has 0 amide bonds. The lowest BCUT2D eigenvalue weighted by atomic mass is 10.0. The Kier molecular flexibility index (Phi) is 5.34. The van der Waals surface area contributed by atoms with Crippen molar-refractivity contribution in [3.8, 4) is 5.75 Å². The normalized spacial score (nSPS) is 11.7. The molecule has 0 aliphatic heterocycles. The van der Waals surface area contributed by atoms with Gasteiger partial charge in [0.2, 0.25) is 0 Å². The molecule has 2 nitrogen and oxygen atoms in total. The Morgan fingerprint density at radius 2 is 1.42 bits per heavy atom. The van der Waals surface area contributed by atoms with Crippen LogP contribution in [0.25, 0.3) is 0 Å². The molecule has 1 atom stereocenters. The SMILES string of the molecule is COc1ccc(SC(C(=O)c2ccccc2)c2ccccc2)cc1. The second-order valence-corrected chi connectivity index (χ2v) is 6.49. The molecule has 0 aliphatic rings. The van der Waals surface area contributed by atoms with Crippen molar-refractivity contribution in [2.24, 2.45) is 0 Å². The summed E-state index contributed by atoms with van der Waals surface area (Å²) in [5.74, 6) is 0.924. The molecule has 0 spiro atoms. The average molecular weight is 334 g/mol. The van der Waals surface area contributed by atoms with Crippen molar-refractivity contribution >= 4 is 17.5 Å². The molecule has 3 heteroatoms. The first-order chi connectivity index (χ1) is 11.8. The average Bonchev–Trinajstić information content (AvgIpc) is 2.67. The van der Waals surface area contributed by atoms with Gasteiger partial charge in [-0.25, -0.2) is 0 Å². The number of hydrogen-bond donors (Lipinski definition) is 0. The molecular formula is C21H18O2S. The van der Waals surface area contributed by atoms with Crippen molar-refractivity contribution in [1.82, 2.24) is 0 Å². The number of carbonyl (C=O) groups excluding carboxylic acids is 1. The molecule has 0 saturated carbocycles. The van der Waals surface area contributed by atoms with Crippen molar-refractivity contribution in [2.75, 3.05) is 7.11 Å². The lowest BCUT2D eigenvalue weighted by molar-refractivity contribution is 0.0989. The Balaban J connectivity index is 1.91. The molecule has 0 radical (unpaired) electrons. The Hall–Kier alpha value is -2.52. The van der Waals surface area contributed by atoms with Gasteiger partial charge in [-0.05, 0) is 29.8 Å². The van der Waals surface area contributed by atoms with Crippen LogP contribution in [0.3, 0.4) is 0 Å². The molecule has 0 fully saturated rings. The van der Waals surface area contributed by atoms with Crippen LogP contribution in [0.2, 0.25) is 0 Å². The Morgan fingerprint density at radius 1 is 0.833 bits per heavy atom. The minimum atomic E-state index is -0.276. The Morgan fingerprint density at radius 3 is 2.00 bits per heavy atom. The predicted octanol–water partition coefficient (Wildman–Crippen LogP) is 5.41. The van der Waals surface area contributed by atoms with Crippen LogP contribution >= 0.6 is 11.8 Å². The van der Waals surface area contributed by atoms with Crippen LogP contribution in [-0.4, -0.2) is 12.9 Å². The number of thioether (sulfide) groups is 1. The number of ketones is 1. The summed E-state index contributed by atoms with van der Waals surface area (Å²) in [7, 11) is 1.65. The van der Waals surface area contributed by atoms with Crippen LogP contribution in [0, 0.1) is 0 Å². The maximum Gasteiger partial charge on any atom is 0.180 e. The number of hydrogen-bond acceptors (Lipinski definition) is 3. The van der Waals surface area contributed by atoms with E-state index >= 15 is 0 Å². The fourth-order valence-corrected chi connectivity index (χ4v) is 3.55. The molecule has 0 heterocycles. The molecule has 0 aliphatic carbocycles. The third-order valence-electron chi connectivity index (χ3n) is 3.71. The summed E-state index contributed by atoms with van der Waals surface area (Å²) < 4.78 is 5.20. The summed E-state index contributed by atoms with van der Waals surface area (Å²) in [6.07, 6.45) is 0. The van der Waals surface area contributed by atoms with Gasteiger partial charge >= 0.3 is 0 Å². The van der Waals surface area contributed by atoms with Crippen molar-refractivity contribution in [2.45, 2.75) is 10.1 Å². The first kappa shape index (κ1) is 16.3. The standard InChI is InChI=1S/C21H18O2S/c1-23-18-12-14-19(15-13-18)24-21(17-10-6-3-7-11-17)20(22)16-8-4-2-5-9-16/h2-15,21H,1H3. The zero-order chi connectivity index (χ0) is 16.8. The fraction of sp³-hybridized carbons (Fsp3) is 0.0952. The molecule has 24 heavy (non-hydrogen) atoms. The summed E-state index contributed by atoms with van der Waals surface area (Å²) in [6, 6.07) is 27.1. The van der Waals surface area contributed by atoms with Gasteiger partial charge in [-0.1, -0.05) is 60.7 Å². The fourth-order valence-electron chi connectivity index (χ4n) is 2.44. The summed E-state index contributed by atoms with van der Waals surface area (Å²) in [5.41, 5.74) is 1.74. The van der Waals surface area contributed by atoms with E-state index in [1.165, 1.54) is 0 Å². The highest BCUT2D eigenvalue weighted by Gasteiger charge is 2.23. The van der Waals surface area contributed by atoms with Gasteiger partial charge in [-0.2, -0.15) is 0 Å². The van der Waals surface area contributed by atoms with Gasteiger partial charge in [-0.15, -0.1) is 11.8 Å². The summed E-state index contributed by atoms with van der Waals surface area (Å²) >= 11 is 1.56. The maximum absolute atomic E-state index is 13.0. The molecule has 120 valence electrons. The summed E-state index contributed by atoms with van der Waals surface area (Å²) in [4.78, 5) is 14.1. The van der Waals surface area contributed by atoms with Gasteiger partial charge in [0.05, 0.1) is 12.4 Å². The van der Waals surface area contributed by atoms with Crippen LogP contribution in [0.1, 0.15) is 21.2 Å². The molecule has 0 saturated heterocycles. The van der Waals surface area contributed by atoms with Gasteiger partial charge in [0.25, 0.3) is 0 Å². The first-order valence-electron chi connectivity index (χ1n) is 7.73. The van der Waals surface area contributed by atoms with Crippen LogP contribution < -0.4 is 4.74 Å². The van der Waals surface area contributed by atoms with Gasteiger partial charge in [0.1, 0.15) is 5.75 Å². The highest BCUT2D eigenvalue weighted by Crippen LogP contribution is 2.38. The molecule has 0 bridgehead atoms. The van der Waals surface area contributed by atoms with E-state index in [2.05, 4.69) is 0 Å². The predicted molar refractivity (Wildman–Crippen MR) is 98.8 cm³/mol. The smallest absolute Gasteiger partial charge is 0.180 e. The van der Waals surface area contributed by atoms with E-state index in [0.717, 1.165) is 21.8 Å². The first-order valence-corrected chi connectivity index (χ1v) is 8.61. The minimum Gasteiger partial charge on any atom is -0.497 e. The van der Waals surface area contributed by atoms with E-state index in [0.29, 0.717) is 0 Å². The van der Waals surface area contributed by atoms with E-state index in [9.17, 15) is 4.79 Å². The molecule has 1 unspecified atom stereocenters. The zero-order valence-corrected chi connectivity index (χ0v) is 14.2. The number of carbonyl (C=O) groups is 1. The Bertz CT molecular complexity index is 783. The zero-order valence-electron chi connectivity index (χ0n) is 13.4. The third kappa shape index (κ3) is 3.87. The van der Waals surface area contributed by atoms with Crippen LogP contribution in [-0.2, 0) is 0 Å². The van der Waals surface area contributed by atoms with E-state index in [1.807, 2.05) is 84.9 Å². The van der Waals surface area contributed by atoms with Crippen molar-refractivity contribution in [3.63, 3.8) is 0 Å². The number of benzene rings is 3. The second kappa shape index (κ2) is 7.84. The molecule has 3 aromatic rings. The van der Waals surface area contributed by atoms with E-state index in [4.69, 9.17) is 4.74 Å². The van der Waals surface area contributed by atoms with Gasteiger partial charge < -0.3 is 4.74 Å². The number of Topliss-reactive ketones (excluding diaryl/α,β-unsaturated/α-hetero) is 1. The van der Waals surface area contributed by atoms with Gasteiger partial charge in [0.15, 0.2) is 5.78 Å². The Labute approximate surface area is 146 Å². The maximum atomic E-state index is 13.0. The highest BCUT2D eigenvalue weighted by molar-refractivity contribution is 8.00. The van der Waals surface area contributed by atoms with Crippen molar-refractivity contribution < 1.29 is 9.53 Å². The van der Waals surface area contributed by atoms with Crippen LogP contribution in [0.15, 0.2) is 89.8 Å². The topological polar surface area (TPSA) is 26.3 Å². The van der Waals surface area contributed by atoms with Gasteiger partial charge in [0, 0.05) is 10.5 Å². The van der Waals surface area contributed by atoms with Crippen LogP contribution in [0.5, 0.6) is 5.75 Å². The van der Waals surface area contributed by atoms with E-state index in [-0.39, 0.29) is 11.0 Å². The van der Waals surface area contributed by atoms with Crippen LogP contribution in [0.4, 0.5) is 0 Å². The lowest BCUT2D eigenvalue weighted by Gasteiger charge is -2.16. The number of ether oxygens (including phenoxy) is 1. The molecule has 3 rings (SSSR count). The lowest BCUT2D eigenvalue weighted by Crippen LogP contribution is -2.09. The second-order valence-electron chi connectivity index (χ2n) is 5.31. The quantitative estimate of drug-likeness (QED) is 0.445. The van der Waals surface area contributed by atoms with Crippen molar-refractivity contribution in [1.29, 1.82) is 0 Å².